The number of hydrogen-bond donors (Lipinski definition) is 1. The normalized spacial score (nSPS) is 15.2. The molecule has 172 valence electrons. The highest BCUT2D eigenvalue weighted by Gasteiger charge is 2.34. The third-order valence-electron chi connectivity index (χ3n) is 5.29. The molecule has 5 rings (SSSR count). The number of hydrogen-bond acceptors (Lipinski definition) is 10. The second-order valence-corrected chi connectivity index (χ2v) is 7.27. The summed E-state index contributed by atoms with van der Waals surface area (Å²) in [6.07, 6.45) is 0. The molecule has 0 atom stereocenters. The Morgan fingerprint density at radius 2 is 0.829 bits per heavy atom. The van der Waals surface area contributed by atoms with E-state index in [0.29, 0.717) is 0 Å². The molecule has 0 radical (unpaired) electrons. The minimum Gasteiger partial charge on any atom is -0.288 e. The van der Waals surface area contributed by atoms with E-state index in [1.807, 2.05) is 0 Å². The molecular formula is C24H11NO10. The van der Waals surface area contributed by atoms with Crippen molar-refractivity contribution in [2.45, 2.75) is 0 Å². The molecule has 3 aromatic carbocycles. The van der Waals surface area contributed by atoms with Gasteiger partial charge < -0.3 is 0 Å². The molecule has 3 aromatic rings. The van der Waals surface area contributed by atoms with Gasteiger partial charge in [-0.3, -0.25) is 14.9 Å². The van der Waals surface area contributed by atoms with Crippen molar-refractivity contribution >= 4 is 35.7 Å². The summed E-state index contributed by atoms with van der Waals surface area (Å²) in [4.78, 5) is 93.7. The molecule has 1 N–H and O–H groups in total. The van der Waals surface area contributed by atoms with E-state index < -0.39 is 46.8 Å². The third-order valence-corrected chi connectivity index (χ3v) is 5.29. The summed E-state index contributed by atoms with van der Waals surface area (Å²) in [5.41, 5.74) is -1.36. The molecule has 0 saturated heterocycles. The Balaban J connectivity index is 1.65. The van der Waals surface area contributed by atoms with Gasteiger partial charge in [-0.05, 0) is 35.4 Å². The zero-order valence-corrected chi connectivity index (χ0v) is 17.4. The maximum absolute atomic E-state index is 13.0. The number of carbonyl (C=O) groups excluding carboxylic acids is 6. The van der Waals surface area contributed by atoms with Gasteiger partial charge >= 0.3 is 23.9 Å². The van der Waals surface area contributed by atoms with Gasteiger partial charge in [0.25, 0.3) is 11.8 Å². The molecule has 35 heavy (non-hydrogen) atoms. The minimum atomic E-state index is -1.28. The lowest BCUT2D eigenvalue weighted by Crippen LogP contribution is -2.22. The fraction of sp³-hybridized carbons (Fsp3) is 0. The van der Waals surface area contributed by atoms with Crippen molar-refractivity contribution in [2.75, 3.05) is 0 Å². The van der Waals surface area contributed by atoms with Crippen LogP contribution in [0.1, 0.15) is 62.1 Å². The van der Waals surface area contributed by atoms with E-state index in [9.17, 15) is 28.8 Å². The Morgan fingerprint density at radius 1 is 0.400 bits per heavy atom. The molecule has 0 fully saturated rings. The van der Waals surface area contributed by atoms with Crippen LogP contribution in [0.3, 0.4) is 0 Å². The quantitative estimate of drug-likeness (QED) is 0.412. The van der Waals surface area contributed by atoms with Crippen LogP contribution in [0, 0.1) is 0 Å². The Morgan fingerprint density at radius 3 is 1.43 bits per heavy atom. The third kappa shape index (κ3) is 3.56. The summed E-state index contributed by atoms with van der Waals surface area (Å²) in [6, 6.07) is 13.5. The molecular weight excluding hydrogens is 462 g/mol. The van der Waals surface area contributed by atoms with E-state index in [1.165, 1.54) is 60.7 Å². The van der Waals surface area contributed by atoms with Crippen molar-refractivity contribution in [3.8, 4) is 11.1 Å². The molecule has 2 aliphatic rings. The van der Waals surface area contributed by atoms with Crippen molar-refractivity contribution in [1.82, 2.24) is 5.32 Å². The molecule has 0 unspecified atom stereocenters. The SMILES string of the molecule is O=C1OOC(=O)c2cccc(-c3cccc4c3C(=O)NC4=O)c2C(=O)OOC(=O)c2ccccc21. The summed E-state index contributed by atoms with van der Waals surface area (Å²) >= 11 is 0. The summed E-state index contributed by atoms with van der Waals surface area (Å²) < 4.78 is 0. The van der Waals surface area contributed by atoms with Gasteiger partial charge in [0.15, 0.2) is 0 Å². The molecule has 0 aliphatic carbocycles. The number of rotatable bonds is 1. The van der Waals surface area contributed by atoms with Crippen molar-refractivity contribution in [1.29, 1.82) is 0 Å². The Kier molecular flexibility index (Phi) is 5.06. The molecule has 2 heterocycles. The van der Waals surface area contributed by atoms with Crippen molar-refractivity contribution < 1.29 is 48.3 Å². The predicted molar refractivity (Wildman–Crippen MR) is 112 cm³/mol. The van der Waals surface area contributed by atoms with Gasteiger partial charge in [0.05, 0.1) is 33.4 Å². The maximum Gasteiger partial charge on any atom is 0.387 e. The summed E-state index contributed by atoms with van der Waals surface area (Å²) in [5, 5.41) is 2.16. The first kappa shape index (κ1) is 21.5. The van der Waals surface area contributed by atoms with E-state index in [4.69, 9.17) is 4.89 Å². The Labute approximate surface area is 195 Å². The molecule has 11 nitrogen and oxygen atoms in total. The summed E-state index contributed by atoms with van der Waals surface area (Å²) in [6.45, 7) is 0. The number of nitrogens with one attached hydrogen (secondary N) is 1. The summed E-state index contributed by atoms with van der Waals surface area (Å²) in [7, 11) is 0. The maximum atomic E-state index is 13.0. The van der Waals surface area contributed by atoms with E-state index in [2.05, 4.69) is 20.0 Å². The largest absolute Gasteiger partial charge is 0.387 e. The smallest absolute Gasteiger partial charge is 0.288 e. The van der Waals surface area contributed by atoms with Crippen LogP contribution >= 0.6 is 0 Å². The zero-order chi connectivity index (χ0) is 24.7. The first-order chi connectivity index (χ1) is 16.9. The second kappa shape index (κ2) is 8.23. The van der Waals surface area contributed by atoms with Gasteiger partial charge in [0.1, 0.15) is 0 Å². The highest BCUT2D eigenvalue weighted by Crippen LogP contribution is 2.34. The number of carbonyl (C=O) groups is 6. The summed E-state index contributed by atoms with van der Waals surface area (Å²) in [5.74, 6) is -6.24. The van der Waals surface area contributed by atoms with E-state index >= 15 is 0 Å². The lowest BCUT2D eigenvalue weighted by molar-refractivity contribution is -0.191. The lowest BCUT2D eigenvalue weighted by Gasteiger charge is -2.15. The molecule has 0 aromatic heterocycles. The topological polar surface area (TPSA) is 151 Å². The molecule has 11 heteroatoms. The van der Waals surface area contributed by atoms with Gasteiger partial charge in [0.2, 0.25) is 0 Å². The zero-order valence-electron chi connectivity index (χ0n) is 17.4. The van der Waals surface area contributed by atoms with Gasteiger partial charge in [-0.25, -0.2) is 38.7 Å². The fourth-order valence-corrected chi connectivity index (χ4v) is 3.78. The first-order valence-electron chi connectivity index (χ1n) is 9.94. The van der Waals surface area contributed by atoms with Gasteiger partial charge in [-0.1, -0.05) is 36.4 Å². The molecule has 0 saturated carbocycles. The van der Waals surface area contributed by atoms with Crippen molar-refractivity contribution in [2.24, 2.45) is 0 Å². The van der Waals surface area contributed by atoms with Gasteiger partial charge in [0, 0.05) is 0 Å². The van der Waals surface area contributed by atoms with Crippen LogP contribution in [0.25, 0.3) is 11.1 Å². The minimum absolute atomic E-state index is 0.00835. The Bertz CT molecular complexity index is 1490. The molecule has 2 aliphatic heterocycles. The first-order valence-corrected chi connectivity index (χ1v) is 9.94. The monoisotopic (exact) mass is 473 g/mol. The van der Waals surface area contributed by atoms with Crippen LogP contribution < -0.4 is 5.32 Å². The standard InChI is InChI=1S/C24H11NO10/c26-19-15-9-3-7-11(17(15)20(27)25-19)12-8-4-10-16-18(12)24(31)35-33-22(29)14-6-2-1-5-13(14)21(28)32-34-23(16)30/h1-10H,(H,25,26,27). The number of imide groups is 1. The van der Waals surface area contributed by atoms with E-state index in [1.54, 1.807) is 0 Å². The molecule has 2 amide bonds. The fourth-order valence-electron chi connectivity index (χ4n) is 3.78. The van der Waals surface area contributed by atoms with E-state index in [-0.39, 0.29) is 33.4 Å². The van der Waals surface area contributed by atoms with Crippen molar-refractivity contribution in [3.05, 3.63) is 94.0 Å². The molecule has 0 bridgehead atoms. The van der Waals surface area contributed by atoms with Crippen LogP contribution in [-0.4, -0.2) is 35.7 Å². The average Bonchev–Trinajstić information content (AvgIpc) is 3.17. The van der Waals surface area contributed by atoms with Gasteiger partial charge in [-0.2, -0.15) is 0 Å². The van der Waals surface area contributed by atoms with Crippen LogP contribution in [0.15, 0.2) is 60.7 Å². The van der Waals surface area contributed by atoms with Crippen molar-refractivity contribution in [3.63, 3.8) is 0 Å². The molecule has 0 spiro atoms. The average molecular weight is 473 g/mol. The van der Waals surface area contributed by atoms with Crippen LogP contribution in [0.4, 0.5) is 0 Å². The number of fused-ring (bicyclic) bond motifs is 3. The highest BCUT2D eigenvalue weighted by molar-refractivity contribution is 6.24. The predicted octanol–water partition coefficient (Wildman–Crippen LogP) is 2.41. The number of benzene rings is 3. The van der Waals surface area contributed by atoms with Crippen LogP contribution in [0.2, 0.25) is 0 Å². The highest BCUT2D eigenvalue weighted by atomic mass is 17.2. The van der Waals surface area contributed by atoms with E-state index in [0.717, 1.165) is 0 Å². The van der Waals surface area contributed by atoms with Crippen LogP contribution in [0.5, 0.6) is 0 Å². The lowest BCUT2D eigenvalue weighted by atomic mass is 9.91. The second-order valence-electron chi connectivity index (χ2n) is 7.27. The number of amides is 2. The van der Waals surface area contributed by atoms with Gasteiger partial charge in [-0.15, -0.1) is 0 Å². The Hall–Kier alpha value is -5.32. The van der Waals surface area contributed by atoms with Crippen LogP contribution in [-0.2, 0) is 19.6 Å².